The average Bonchev–Trinajstić information content (AvgIpc) is 2.17. The average molecular weight is 166 g/mol. The van der Waals surface area contributed by atoms with Gasteiger partial charge in [0.25, 0.3) is 0 Å². The normalized spacial score (nSPS) is 12.9. The largest absolute Gasteiger partial charge is 0.390 e. The minimum atomic E-state index is 0.00815. The quantitative estimate of drug-likeness (QED) is 0.700. The lowest BCUT2D eigenvalue weighted by atomic mass is 10.1. The van der Waals surface area contributed by atoms with E-state index in [-0.39, 0.29) is 6.61 Å². The highest BCUT2D eigenvalue weighted by Crippen LogP contribution is 2.09. The molecule has 0 radical (unpaired) electrons. The number of pyridine rings is 1. The first-order chi connectivity index (χ1) is 5.77. The van der Waals surface area contributed by atoms with E-state index >= 15 is 0 Å². The van der Waals surface area contributed by atoms with Crippen LogP contribution in [0.2, 0.25) is 0 Å². The summed E-state index contributed by atoms with van der Waals surface area (Å²) in [7, 11) is 1.91. The Balaban J connectivity index is 2.77. The zero-order valence-corrected chi connectivity index (χ0v) is 7.41. The van der Waals surface area contributed by atoms with Gasteiger partial charge in [-0.3, -0.25) is 4.98 Å². The summed E-state index contributed by atoms with van der Waals surface area (Å²) in [5, 5.41) is 11.9. The van der Waals surface area contributed by atoms with Crippen molar-refractivity contribution in [3.8, 4) is 0 Å². The number of aliphatic hydroxyl groups is 1. The molecule has 12 heavy (non-hydrogen) atoms. The smallest absolute Gasteiger partial charge is 0.0852 e. The van der Waals surface area contributed by atoms with E-state index < -0.39 is 0 Å². The van der Waals surface area contributed by atoms with Gasteiger partial charge in [0.05, 0.1) is 12.3 Å². The third kappa shape index (κ3) is 2.03. The number of rotatable bonds is 3. The van der Waals surface area contributed by atoms with Gasteiger partial charge in [-0.15, -0.1) is 0 Å². The maximum Gasteiger partial charge on any atom is 0.0852 e. The van der Waals surface area contributed by atoms with Crippen LogP contribution in [-0.4, -0.2) is 17.1 Å². The molecule has 0 amide bonds. The van der Waals surface area contributed by atoms with Gasteiger partial charge in [-0.2, -0.15) is 0 Å². The minimum absolute atomic E-state index is 0.00815. The van der Waals surface area contributed by atoms with E-state index in [2.05, 4.69) is 17.2 Å². The number of hydrogen-bond acceptors (Lipinski definition) is 3. The van der Waals surface area contributed by atoms with Crippen molar-refractivity contribution in [1.82, 2.24) is 10.3 Å². The molecule has 0 aliphatic carbocycles. The van der Waals surface area contributed by atoms with Crippen molar-refractivity contribution in [1.29, 1.82) is 0 Å². The van der Waals surface area contributed by atoms with Gasteiger partial charge in [0, 0.05) is 12.2 Å². The zero-order chi connectivity index (χ0) is 8.97. The molecule has 0 aliphatic rings. The lowest BCUT2D eigenvalue weighted by Crippen LogP contribution is -2.12. The summed E-state index contributed by atoms with van der Waals surface area (Å²) >= 11 is 0. The first-order valence-corrected chi connectivity index (χ1v) is 4.01. The van der Waals surface area contributed by atoms with Crippen molar-refractivity contribution < 1.29 is 5.11 Å². The fourth-order valence-electron chi connectivity index (χ4n) is 0.952. The van der Waals surface area contributed by atoms with Crippen molar-refractivity contribution in [2.45, 2.75) is 19.6 Å². The van der Waals surface area contributed by atoms with Crippen molar-refractivity contribution >= 4 is 0 Å². The Kier molecular flexibility index (Phi) is 3.19. The Morgan fingerprint density at radius 3 is 2.75 bits per heavy atom. The second-order valence-corrected chi connectivity index (χ2v) is 2.75. The summed E-state index contributed by atoms with van der Waals surface area (Å²) in [5.41, 5.74) is 1.84. The van der Waals surface area contributed by atoms with Gasteiger partial charge in [0.1, 0.15) is 0 Å². The van der Waals surface area contributed by atoms with Gasteiger partial charge in [0.15, 0.2) is 0 Å². The van der Waals surface area contributed by atoms with Crippen LogP contribution in [0, 0.1) is 0 Å². The standard InChI is InChI=1S/C9H14N2O/c1-7(10-2)8-3-4-9(6-12)11-5-8/h3-5,7,10,12H,6H2,1-2H3/t7-/m1/s1. The molecular weight excluding hydrogens is 152 g/mol. The van der Waals surface area contributed by atoms with Crippen molar-refractivity contribution in [3.63, 3.8) is 0 Å². The summed E-state index contributed by atoms with van der Waals surface area (Å²) in [6, 6.07) is 4.12. The van der Waals surface area contributed by atoms with Gasteiger partial charge in [-0.05, 0) is 25.6 Å². The zero-order valence-electron chi connectivity index (χ0n) is 7.41. The minimum Gasteiger partial charge on any atom is -0.390 e. The molecule has 0 aromatic carbocycles. The second-order valence-electron chi connectivity index (χ2n) is 2.75. The molecular formula is C9H14N2O. The first-order valence-electron chi connectivity index (χ1n) is 4.01. The monoisotopic (exact) mass is 166 g/mol. The summed E-state index contributed by atoms with van der Waals surface area (Å²) in [4.78, 5) is 4.08. The fraction of sp³-hybridized carbons (Fsp3) is 0.444. The Bertz CT molecular complexity index is 233. The Morgan fingerprint density at radius 2 is 2.33 bits per heavy atom. The molecule has 3 nitrogen and oxygen atoms in total. The third-order valence-corrected chi connectivity index (χ3v) is 1.94. The van der Waals surface area contributed by atoms with Gasteiger partial charge >= 0.3 is 0 Å². The highest BCUT2D eigenvalue weighted by atomic mass is 16.3. The molecule has 0 aliphatic heterocycles. The molecule has 1 rings (SSSR count). The van der Waals surface area contributed by atoms with Crippen LogP contribution in [0.5, 0.6) is 0 Å². The molecule has 1 heterocycles. The topological polar surface area (TPSA) is 45.1 Å². The lowest BCUT2D eigenvalue weighted by Gasteiger charge is -2.09. The third-order valence-electron chi connectivity index (χ3n) is 1.94. The second kappa shape index (κ2) is 4.18. The van der Waals surface area contributed by atoms with Gasteiger partial charge in [-0.25, -0.2) is 0 Å². The molecule has 2 N–H and O–H groups in total. The summed E-state index contributed by atoms with van der Waals surface area (Å²) < 4.78 is 0. The predicted octanol–water partition coefficient (Wildman–Crippen LogP) is 0.854. The van der Waals surface area contributed by atoms with E-state index in [4.69, 9.17) is 5.11 Å². The van der Waals surface area contributed by atoms with Crippen LogP contribution in [0.1, 0.15) is 24.2 Å². The fourth-order valence-corrected chi connectivity index (χ4v) is 0.952. The lowest BCUT2D eigenvalue weighted by molar-refractivity contribution is 0.277. The Labute approximate surface area is 72.5 Å². The summed E-state index contributed by atoms with van der Waals surface area (Å²) in [5.74, 6) is 0. The molecule has 66 valence electrons. The van der Waals surface area contributed by atoms with Crippen LogP contribution < -0.4 is 5.32 Å². The number of nitrogens with zero attached hydrogens (tertiary/aromatic N) is 1. The van der Waals surface area contributed by atoms with Crippen molar-refractivity contribution in [2.24, 2.45) is 0 Å². The predicted molar refractivity (Wildman–Crippen MR) is 47.6 cm³/mol. The van der Waals surface area contributed by atoms with E-state index in [0.717, 1.165) is 5.56 Å². The molecule has 3 heteroatoms. The van der Waals surface area contributed by atoms with Crippen molar-refractivity contribution in [3.05, 3.63) is 29.6 Å². The molecule has 0 unspecified atom stereocenters. The van der Waals surface area contributed by atoms with Gasteiger partial charge in [0.2, 0.25) is 0 Å². The number of nitrogens with one attached hydrogen (secondary N) is 1. The SMILES string of the molecule is CN[C@H](C)c1ccc(CO)nc1. The van der Waals surface area contributed by atoms with E-state index in [9.17, 15) is 0 Å². The van der Waals surface area contributed by atoms with Crippen LogP contribution >= 0.6 is 0 Å². The maximum atomic E-state index is 8.75. The molecule has 1 aromatic heterocycles. The molecule has 0 saturated heterocycles. The van der Waals surface area contributed by atoms with Crippen molar-refractivity contribution in [2.75, 3.05) is 7.05 Å². The number of aromatic nitrogens is 1. The van der Waals surface area contributed by atoms with Crippen LogP contribution in [0.25, 0.3) is 0 Å². The van der Waals surface area contributed by atoms with Gasteiger partial charge in [-0.1, -0.05) is 6.07 Å². The Hall–Kier alpha value is -0.930. The van der Waals surface area contributed by atoms with E-state index in [1.807, 2.05) is 19.2 Å². The summed E-state index contributed by atoms with van der Waals surface area (Å²) in [6.45, 7) is 2.07. The molecule has 0 bridgehead atoms. The molecule has 0 saturated carbocycles. The molecule has 0 fully saturated rings. The Morgan fingerprint density at radius 1 is 1.58 bits per heavy atom. The van der Waals surface area contributed by atoms with Gasteiger partial charge < -0.3 is 10.4 Å². The highest BCUT2D eigenvalue weighted by Gasteiger charge is 2.01. The molecule has 1 aromatic rings. The number of hydrogen-bond donors (Lipinski definition) is 2. The van der Waals surface area contributed by atoms with Crippen LogP contribution in [0.4, 0.5) is 0 Å². The van der Waals surface area contributed by atoms with E-state index in [0.29, 0.717) is 11.7 Å². The van der Waals surface area contributed by atoms with E-state index in [1.54, 1.807) is 6.20 Å². The number of aliphatic hydroxyl groups excluding tert-OH is 1. The van der Waals surface area contributed by atoms with E-state index in [1.165, 1.54) is 0 Å². The molecule has 0 spiro atoms. The molecule has 1 atom stereocenters. The van der Waals surface area contributed by atoms with Crippen LogP contribution in [-0.2, 0) is 6.61 Å². The first kappa shape index (κ1) is 9.16. The van der Waals surface area contributed by atoms with Crippen LogP contribution in [0.3, 0.4) is 0 Å². The highest BCUT2D eigenvalue weighted by molar-refractivity contribution is 5.16. The maximum absolute atomic E-state index is 8.75. The summed E-state index contributed by atoms with van der Waals surface area (Å²) in [6.07, 6.45) is 1.78. The van der Waals surface area contributed by atoms with Crippen LogP contribution in [0.15, 0.2) is 18.3 Å².